The molecule has 4 nitrogen and oxygen atoms in total. The molecule has 0 saturated heterocycles. The van der Waals surface area contributed by atoms with E-state index >= 15 is 0 Å². The third kappa shape index (κ3) is 3.61. The first-order chi connectivity index (χ1) is 13.9. The van der Waals surface area contributed by atoms with Gasteiger partial charge in [0.2, 0.25) is 0 Å². The average Bonchev–Trinajstić information content (AvgIpc) is 3.14. The van der Waals surface area contributed by atoms with Gasteiger partial charge >= 0.3 is 0 Å². The summed E-state index contributed by atoms with van der Waals surface area (Å²) in [5.74, 6) is -2.48. The van der Waals surface area contributed by atoms with E-state index in [1.165, 1.54) is 6.07 Å². The molecular formula is C23H19F2N3O. The fraction of sp³-hybridized carbons (Fsp3) is 0.130. The Morgan fingerprint density at radius 2 is 1.72 bits per heavy atom. The zero-order valence-electron chi connectivity index (χ0n) is 16.0. The number of benzene rings is 2. The summed E-state index contributed by atoms with van der Waals surface area (Å²) in [6.45, 7) is 3.61. The summed E-state index contributed by atoms with van der Waals surface area (Å²) in [6.07, 6.45) is 3.80. The summed E-state index contributed by atoms with van der Waals surface area (Å²) in [6, 6.07) is 14.8. The summed E-state index contributed by atoms with van der Waals surface area (Å²) >= 11 is 0. The summed E-state index contributed by atoms with van der Waals surface area (Å²) in [4.78, 5) is 17.0. The molecule has 4 aromatic rings. The van der Waals surface area contributed by atoms with Gasteiger partial charge in [0, 0.05) is 29.6 Å². The molecule has 0 aliphatic carbocycles. The van der Waals surface area contributed by atoms with Crippen molar-refractivity contribution in [2.75, 3.05) is 0 Å². The average molecular weight is 391 g/mol. The van der Waals surface area contributed by atoms with Crippen LogP contribution in [0.25, 0.3) is 28.0 Å². The monoisotopic (exact) mass is 391 g/mol. The van der Waals surface area contributed by atoms with Crippen molar-refractivity contribution in [3.8, 4) is 22.4 Å². The van der Waals surface area contributed by atoms with Crippen molar-refractivity contribution in [2.24, 2.45) is 0 Å². The Balaban J connectivity index is 1.75. The van der Waals surface area contributed by atoms with Crippen LogP contribution in [0.4, 0.5) is 8.78 Å². The van der Waals surface area contributed by atoms with Gasteiger partial charge in [-0.15, -0.1) is 0 Å². The van der Waals surface area contributed by atoms with Crippen LogP contribution < -0.4 is 5.32 Å². The Hall–Kier alpha value is -3.54. The number of nitrogens with one attached hydrogen (secondary N) is 1. The Bertz CT molecular complexity index is 1160. The second kappa shape index (κ2) is 7.47. The highest BCUT2D eigenvalue weighted by molar-refractivity contribution is 6.01. The molecule has 2 aromatic heterocycles. The molecular weight excluding hydrogens is 372 g/mol. The Labute approximate surface area is 166 Å². The first kappa shape index (κ1) is 18.8. The lowest BCUT2D eigenvalue weighted by molar-refractivity contribution is 0.0943. The normalized spacial score (nSPS) is 11.2. The highest BCUT2D eigenvalue weighted by atomic mass is 19.2. The molecule has 1 amide bonds. The van der Waals surface area contributed by atoms with Gasteiger partial charge in [0.15, 0.2) is 11.6 Å². The smallest absolute Gasteiger partial charge is 0.252 e. The van der Waals surface area contributed by atoms with Crippen molar-refractivity contribution in [1.82, 2.24) is 14.7 Å². The van der Waals surface area contributed by atoms with Crippen LogP contribution in [0.15, 0.2) is 67.0 Å². The number of amides is 1. The van der Waals surface area contributed by atoms with Crippen molar-refractivity contribution in [2.45, 2.75) is 19.9 Å². The van der Waals surface area contributed by atoms with Crippen LogP contribution in [-0.2, 0) is 0 Å². The van der Waals surface area contributed by atoms with Crippen molar-refractivity contribution in [3.63, 3.8) is 0 Å². The number of aromatic nitrogens is 2. The van der Waals surface area contributed by atoms with E-state index in [1.807, 2.05) is 35.0 Å². The molecule has 0 spiro atoms. The molecule has 0 bridgehead atoms. The minimum atomic E-state index is -1.04. The van der Waals surface area contributed by atoms with Gasteiger partial charge in [-0.2, -0.15) is 0 Å². The van der Waals surface area contributed by atoms with E-state index in [0.717, 1.165) is 23.0 Å². The molecule has 0 fully saturated rings. The lowest BCUT2D eigenvalue weighted by atomic mass is 9.96. The second-order valence-corrected chi connectivity index (χ2v) is 7.08. The Kier molecular flexibility index (Phi) is 4.84. The zero-order valence-corrected chi connectivity index (χ0v) is 16.0. The molecule has 1 N–H and O–H groups in total. The largest absolute Gasteiger partial charge is 0.350 e. The van der Waals surface area contributed by atoms with Gasteiger partial charge in [-0.05, 0) is 43.7 Å². The lowest BCUT2D eigenvalue weighted by Gasteiger charge is -2.14. The Morgan fingerprint density at radius 1 is 1.00 bits per heavy atom. The van der Waals surface area contributed by atoms with Gasteiger partial charge < -0.3 is 9.72 Å². The molecule has 146 valence electrons. The number of halogens is 2. The van der Waals surface area contributed by atoms with Gasteiger partial charge in [0.25, 0.3) is 5.91 Å². The predicted molar refractivity (Wildman–Crippen MR) is 109 cm³/mol. The predicted octanol–water partition coefficient (Wildman–Crippen LogP) is 5.08. The van der Waals surface area contributed by atoms with Gasteiger partial charge in [0.05, 0.1) is 11.3 Å². The summed E-state index contributed by atoms with van der Waals surface area (Å²) in [5, 5.41) is 2.73. The number of rotatable bonds is 4. The molecule has 29 heavy (non-hydrogen) atoms. The van der Waals surface area contributed by atoms with Crippen LogP contribution in [0.5, 0.6) is 0 Å². The molecule has 0 radical (unpaired) electrons. The van der Waals surface area contributed by atoms with E-state index in [4.69, 9.17) is 0 Å². The van der Waals surface area contributed by atoms with Crippen molar-refractivity contribution < 1.29 is 13.6 Å². The minimum absolute atomic E-state index is 0.0512. The van der Waals surface area contributed by atoms with Gasteiger partial charge in [-0.25, -0.2) is 13.8 Å². The topological polar surface area (TPSA) is 46.4 Å². The standard InChI is InChI=1S/C23H19F2N3O/c1-14(2)26-23(29)17-10-11-18(24)22(25)21(17)16-8-6-15(7-9-16)19-13-28-12-4-3-5-20(28)27-19/h3-14H,1-2H3,(H,26,29). The van der Waals surface area contributed by atoms with E-state index in [9.17, 15) is 13.6 Å². The first-order valence-electron chi connectivity index (χ1n) is 9.27. The summed E-state index contributed by atoms with van der Waals surface area (Å²) < 4.78 is 30.5. The Morgan fingerprint density at radius 3 is 2.41 bits per heavy atom. The summed E-state index contributed by atoms with van der Waals surface area (Å²) in [7, 11) is 0. The van der Waals surface area contributed by atoms with Crippen LogP contribution in [0.1, 0.15) is 24.2 Å². The number of nitrogens with zero attached hydrogens (tertiary/aromatic N) is 2. The molecule has 0 unspecified atom stereocenters. The van der Waals surface area contributed by atoms with E-state index in [0.29, 0.717) is 5.56 Å². The van der Waals surface area contributed by atoms with Crippen molar-refractivity contribution in [3.05, 3.63) is 84.2 Å². The van der Waals surface area contributed by atoms with Crippen LogP contribution in [0.3, 0.4) is 0 Å². The van der Waals surface area contributed by atoms with E-state index in [-0.39, 0.29) is 17.2 Å². The van der Waals surface area contributed by atoms with Crippen LogP contribution in [-0.4, -0.2) is 21.3 Å². The van der Waals surface area contributed by atoms with Crippen LogP contribution in [0.2, 0.25) is 0 Å². The number of hydrogen-bond donors (Lipinski definition) is 1. The van der Waals surface area contributed by atoms with Crippen molar-refractivity contribution >= 4 is 11.6 Å². The lowest BCUT2D eigenvalue weighted by Crippen LogP contribution is -2.30. The summed E-state index contributed by atoms with van der Waals surface area (Å²) in [5.41, 5.74) is 2.88. The highest BCUT2D eigenvalue weighted by Gasteiger charge is 2.20. The maximum absolute atomic E-state index is 14.6. The number of hydrogen-bond acceptors (Lipinski definition) is 2. The van der Waals surface area contributed by atoms with Crippen LogP contribution >= 0.6 is 0 Å². The van der Waals surface area contributed by atoms with Gasteiger partial charge in [-0.1, -0.05) is 30.3 Å². The number of carbonyl (C=O) groups is 1. The fourth-order valence-electron chi connectivity index (χ4n) is 3.24. The minimum Gasteiger partial charge on any atom is -0.350 e. The van der Waals surface area contributed by atoms with Gasteiger partial charge in [0.1, 0.15) is 5.65 Å². The second-order valence-electron chi connectivity index (χ2n) is 7.08. The molecule has 0 atom stereocenters. The highest BCUT2D eigenvalue weighted by Crippen LogP contribution is 2.31. The zero-order chi connectivity index (χ0) is 20.5. The third-order valence-corrected chi connectivity index (χ3v) is 4.59. The first-order valence-corrected chi connectivity index (χ1v) is 9.27. The van der Waals surface area contributed by atoms with E-state index in [2.05, 4.69) is 10.3 Å². The van der Waals surface area contributed by atoms with Crippen LogP contribution in [0, 0.1) is 11.6 Å². The number of carbonyl (C=O) groups excluding carboxylic acids is 1. The molecule has 2 heterocycles. The van der Waals surface area contributed by atoms with E-state index in [1.54, 1.807) is 38.1 Å². The maximum atomic E-state index is 14.6. The maximum Gasteiger partial charge on any atom is 0.252 e. The third-order valence-electron chi connectivity index (χ3n) is 4.59. The molecule has 2 aromatic carbocycles. The number of imidazole rings is 1. The number of fused-ring (bicyclic) bond motifs is 1. The molecule has 6 heteroatoms. The van der Waals surface area contributed by atoms with Gasteiger partial charge in [-0.3, -0.25) is 4.79 Å². The number of pyridine rings is 1. The fourth-order valence-corrected chi connectivity index (χ4v) is 3.24. The molecule has 4 rings (SSSR count). The SMILES string of the molecule is CC(C)NC(=O)c1ccc(F)c(F)c1-c1ccc(-c2cn3ccccc3n2)cc1. The molecule has 0 saturated carbocycles. The molecule has 0 aliphatic rings. The molecule has 0 aliphatic heterocycles. The van der Waals surface area contributed by atoms with Crippen molar-refractivity contribution in [1.29, 1.82) is 0 Å². The van der Waals surface area contributed by atoms with E-state index < -0.39 is 17.5 Å². The quantitative estimate of drug-likeness (QED) is 0.527.